The predicted molar refractivity (Wildman–Crippen MR) is 80.8 cm³/mol. The quantitative estimate of drug-likeness (QED) is 0.752. The lowest BCUT2D eigenvalue weighted by Gasteiger charge is -2.06. The van der Waals surface area contributed by atoms with E-state index in [1.807, 2.05) is 47.0 Å². The summed E-state index contributed by atoms with van der Waals surface area (Å²) in [5.41, 5.74) is 1.83. The van der Waals surface area contributed by atoms with Gasteiger partial charge in [-0.3, -0.25) is 14.6 Å². The van der Waals surface area contributed by atoms with E-state index in [9.17, 15) is 0 Å². The SMILES string of the molecule is S=c1[nH]nc(Cc2ccccn2)n1-c1cccc(Cl)c1. The summed E-state index contributed by atoms with van der Waals surface area (Å²) in [6.45, 7) is 0. The smallest absolute Gasteiger partial charge is 0.199 e. The molecular weight excluding hydrogens is 292 g/mol. The lowest BCUT2D eigenvalue weighted by molar-refractivity contribution is 0.882. The van der Waals surface area contributed by atoms with Gasteiger partial charge in [-0.15, -0.1) is 0 Å². The second-order valence-electron chi connectivity index (χ2n) is 4.26. The third-order valence-electron chi connectivity index (χ3n) is 2.87. The Bertz CT molecular complexity index is 779. The van der Waals surface area contributed by atoms with Crippen molar-refractivity contribution < 1.29 is 0 Å². The van der Waals surface area contributed by atoms with Crippen molar-refractivity contribution in [1.82, 2.24) is 19.7 Å². The molecule has 2 aromatic heterocycles. The molecule has 0 bridgehead atoms. The van der Waals surface area contributed by atoms with E-state index >= 15 is 0 Å². The molecular formula is C14H11ClN4S. The average molecular weight is 303 g/mol. The van der Waals surface area contributed by atoms with Crippen LogP contribution in [0.15, 0.2) is 48.7 Å². The summed E-state index contributed by atoms with van der Waals surface area (Å²) in [7, 11) is 0. The Labute approximate surface area is 126 Å². The number of pyridine rings is 1. The molecule has 4 nitrogen and oxygen atoms in total. The zero-order chi connectivity index (χ0) is 13.9. The number of halogens is 1. The van der Waals surface area contributed by atoms with Crippen molar-refractivity contribution in [3.63, 3.8) is 0 Å². The normalized spacial score (nSPS) is 10.7. The molecule has 1 aromatic carbocycles. The molecule has 0 radical (unpaired) electrons. The summed E-state index contributed by atoms with van der Waals surface area (Å²) < 4.78 is 2.41. The van der Waals surface area contributed by atoms with Crippen LogP contribution in [0.3, 0.4) is 0 Å². The molecule has 0 aliphatic carbocycles. The van der Waals surface area contributed by atoms with Crippen LogP contribution in [0.1, 0.15) is 11.5 Å². The summed E-state index contributed by atoms with van der Waals surface area (Å²) >= 11 is 11.3. The molecule has 0 aliphatic rings. The molecule has 100 valence electrons. The number of benzene rings is 1. The van der Waals surface area contributed by atoms with Gasteiger partial charge in [-0.25, -0.2) is 0 Å². The molecule has 0 aliphatic heterocycles. The zero-order valence-electron chi connectivity index (χ0n) is 10.5. The minimum Gasteiger partial charge on any atom is -0.272 e. The number of H-pyrrole nitrogens is 1. The van der Waals surface area contributed by atoms with Gasteiger partial charge in [0.1, 0.15) is 5.82 Å². The summed E-state index contributed by atoms with van der Waals surface area (Å²) in [6.07, 6.45) is 2.36. The first-order chi connectivity index (χ1) is 9.74. The Balaban J connectivity index is 2.04. The predicted octanol–water partition coefficient (Wildman–Crippen LogP) is 3.57. The van der Waals surface area contributed by atoms with Crippen LogP contribution in [0.5, 0.6) is 0 Å². The first-order valence-electron chi connectivity index (χ1n) is 6.06. The molecule has 2 heterocycles. The maximum atomic E-state index is 6.04. The van der Waals surface area contributed by atoms with Crippen molar-refractivity contribution in [2.24, 2.45) is 0 Å². The summed E-state index contributed by atoms with van der Waals surface area (Å²) in [6, 6.07) is 13.3. The van der Waals surface area contributed by atoms with Gasteiger partial charge in [-0.1, -0.05) is 23.7 Å². The third-order valence-corrected chi connectivity index (χ3v) is 3.38. The highest BCUT2D eigenvalue weighted by Gasteiger charge is 2.10. The highest BCUT2D eigenvalue weighted by Crippen LogP contribution is 2.17. The zero-order valence-corrected chi connectivity index (χ0v) is 12.0. The Morgan fingerprint density at radius 1 is 1.20 bits per heavy atom. The maximum Gasteiger partial charge on any atom is 0.199 e. The number of nitrogens with zero attached hydrogens (tertiary/aromatic N) is 3. The fourth-order valence-corrected chi connectivity index (χ4v) is 2.44. The van der Waals surface area contributed by atoms with E-state index in [0.29, 0.717) is 16.2 Å². The average Bonchev–Trinajstić information content (AvgIpc) is 2.81. The minimum absolute atomic E-state index is 0.540. The van der Waals surface area contributed by atoms with Crippen molar-refractivity contribution in [2.45, 2.75) is 6.42 Å². The number of nitrogens with one attached hydrogen (secondary N) is 1. The Morgan fingerprint density at radius 3 is 2.85 bits per heavy atom. The molecule has 0 unspecified atom stereocenters. The standard InChI is InChI=1S/C14H11ClN4S/c15-10-4-3-6-12(8-10)19-13(17-18-14(19)20)9-11-5-1-2-7-16-11/h1-8H,9H2,(H,18,20). The fourth-order valence-electron chi connectivity index (χ4n) is 1.99. The molecule has 3 rings (SSSR count). The molecule has 20 heavy (non-hydrogen) atoms. The molecule has 0 saturated heterocycles. The number of rotatable bonds is 3. The van der Waals surface area contributed by atoms with E-state index in [1.54, 1.807) is 6.20 Å². The largest absolute Gasteiger partial charge is 0.272 e. The second-order valence-corrected chi connectivity index (χ2v) is 5.08. The van der Waals surface area contributed by atoms with E-state index in [-0.39, 0.29) is 0 Å². The molecule has 0 amide bonds. The van der Waals surface area contributed by atoms with Crippen LogP contribution in [0.4, 0.5) is 0 Å². The number of hydrogen-bond acceptors (Lipinski definition) is 3. The van der Waals surface area contributed by atoms with Crippen molar-refractivity contribution in [1.29, 1.82) is 0 Å². The van der Waals surface area contributed by atoms with Gasteiger partial charge in [-0.05, 0) is 42.5 Å². The van der Waals surface area contributed by atoms with E-state index in [0.717, 1.165) is 17.2 Å². The lowest BCUT2D eigenvalue weighted by Crippen LogP contribution is -2.03. The van der Waals surface area contributed by atoms with Crippen LogP contribution in [0.2, 0.25) is 5.02 Å². The van der Waals surface area contributed by atoms with Crippen LogP contribution >= 0.6 is 23.8 Å². The van der Waals surface area contributed by atoms with Crippen LogP contribution in [-0.2, 0) is 6.42 Å². The van der Waals surface area contributed by atoms with Crippen molar-refractivity contribution in [3.8, 4) is 5.69 Å². The first kappa shape index (κ1) is 13.0. The lowest BCUT2D eigenvalue weighted by atomic mass is 10.2. The number of aromatic amines is 1. The molecule has 1 N–H and O–H groups in total. The van der Waals surface area contributed by atoms with Gasteiger partial charge >= 0.3 is 0 Å². The molecule has 0 spiro atoms. The van der Waals surface area contributed by atoms with Crippen molar-refractivity contribution in [2.75, 3.05) is 0 Å². The van der Waals surface area contributed by atoms with Crippen LogP contribution < -0.4 is 0 Å². The van der Waals surface area contributed by atoms with E-state index < -0.39 is 0 Å². The third kappa shape index (κ3) is 2.64. The first-order valence-corrected chi connectivity index (χ1v) is 6.85. The number of aromatic nitrogens is 4. The van der Waals surface area contributed by atoms with Gasteiger partial charge in [0.2, 0.25) is 0 Å². The van der Waals surface area contributed by atoms with Crippen molar-refractivity contribution in [3.05, 3.63) is 70.0 Å². The van der Waals surface area contributed by atoms with E-state index in [4.69, 9.17) is 23.8 Å². The second kappa shape index (κ2) is 5.56. The monoisotopic (exact) mass is 302 g/mol. The molecule has 0 saturated carbocycles. The van der Waals surface area contributed by atoms with Gasteiger partial charge in [0.25, 0.3) is 0 Å². The maximum absolute atomic E-state index is 6.04. The van der Waals surface area contributed by atoms with Gasteiger partial charge in [0.15, 0.2) is 4.77 Å². The Kier molecular flexibility index (Phi) is 3.62. The van der Waals surface area contributed by atoms with E-state index in [1.165, 1.54) is 0 Å². The highest BCUT2D eigenvalue weighted by molar-refractivity contribution is 7.71. The van der Waals surface area contributed by atoms with Crippen LogP contribution in [0.25, 0.3) is 5.69 Å². The summed E-state index contributed by atoms with van der Waals surface area (Å²) in [5, 5.41) is 7.76. The highest BCUT2D eigenvalue weighted by atomic mass is 35.5. The Morgan fingerprint density at radius 2 is 2.10 bits per heavy atom. The number of hydrogen-bond donors (Lipinski definition) is 1. The van der Waals surface area contributed by atoms with Crippen LogP contribution in [0, 0.1) is 4.77 Å². The van der Waals surface area contributed by atoms with Gasteiger partial charge in [0, 0.05) is 16.9 Å². The Hall–Kier alpha value is -1.98. The fraction of sp³-hybridized carbons (Fsp3) is 0.0714. The van der Waals surface area contributed by atoms with E-state index in [2.05, 4.69) is 15.2 Å². The molecule has 3 aromatic rings. The molecule has 0 atom stereocenters. The van der Waals surface area contributed by atoms with Gasteiger partial charge in [-0.2, -0.15) is 5.10 Å². The minimum atomic E-state index is 0.540. The molecule has 6 heteroatoms. The van der Waals surface area contributed by atoms with Gasteiger partial charge < -0.3 is 0 Å². The topological polar surface area (TPSA) is 46.5 Å². The van der Waals surface area contributed by atoms with Crippen LogP contribution in [-0.4, -0.2) is 19.7 Å². The summed E-state index contributed by atoms with van der Waals surface area (Å²) in [5.74, 6) is 0.802. The van der Waals surface area contributed by atoms with Gasteiger partial charge in [0.05, 0.1) is 12.1 Å². The summed E-state index contributed by atoms with van der Waals surface area (Å²) in [4.78, 5) is 4.31. The van der Waals surface area contributed by atoms with Crippen molar-refractivity contribution >= 4 is 23.8 Å². The molecule has 0 fully saturated rings.